The van der Waals surface area contributed by atoms with Gasteiger partial charge in [-0.05, 0) is 41.8 Å². The fourth-order valence-corrected chi connectivity index (χ4v) is 2.46. The Kier molecular flexibility index (Phi) is 4.18. The molecule has 0 fully saturated rings. The van der Waals surface area contributed by atoms with E-state index in [2.05, 4.69) is 29.1 Å². The van der Waals surface area contributed by atoms with Crippen molar-refractivity contribution >= 4 is 11.3 Å². The molecule has 0 spiro atoms. The average molecular weight is 247 g/mol. The lowest BCUT2D eigenvalue weighted by atomic mass is 10.1. The molecule has 2 aromatic rings. The predicted molar refractivity (Wildman–Crippen MR) is 72.4 cm³/mol. The zero-order valence-corrected chi connectivity index (χ0v) is 10.7. The van der Waals surface area contributed by atoms with Crippen LogP contribution >= 0.6 is 11.3 Å². The molecule has 0 amide bonds. The molecule has 2 nitrogen and oxygen atoms in total. The highest BCUT2D eigenvalue weighted by atomic mass is 32.1. The van der Waals surface area contributed by atoms with Crippen molar-refractivity contribution in [3.05, 3.63) is 52.2 Å². The van der Waals surface area contributed by atoms with Gasteiger partial charge in [-0.25, -0.2) is 0 Å². The van der Waals surface area contributed by atoms with Gasteiger partial charge in [0.1, 0.15) is 5.75 Å². The van der Waals surface area contributed by atoms with E-state index in [9.17, 15) is 5.11 Å². The smallest absolute Gasteiger partial charge is 0.120 e. The number of phenols is 1. The Bertz CT molecular complexity index is 453. The normalized spacial score (nSPS) is 12.5. The fraction of sp³-hybridized carbons (Fsp3) is 0.286. The van der Waals surface area contributed by atoms with Crippen LogP contribution in [-0.2, 0) is 13.0 Å². The van der Waals surface area contributed by atoms with Crippen molar-refractivity contribution in [3.8, 4) is 5.75 Å². The highest BCUT2D eigenvalue weighted by molar-refractivity contribution is 7.07. The third kappa shape index (κ3) is 3.58. The quantitative estimate of drug-likeness (QED) is 0.850. The van der Waals surface area contributed by atoms with Crippen molar-refractivity contribution in [1.82, 2.24) is 5.32 Å². The second-order valence-corrected chi connectivity index (χ2v) is 5.03. The molecule has 0 aliphatic heterocycles. The highest BCUT2D eigenvalue weighted by Gasteiger charge is 2.05. The first-order valence-corrected chi connectivity index (χ1v) is 6.71. The summed E-state index contributed by atoms with van der Waals surface area (Å²) in [5.41, 5.74) is 2.32. The summed E-state index contributed by atoms with van der Waals surface area (Å²) in [6, 6.07) is 10.0. The molecule has 3 heteroatoms. The maximum atomic E-state index is 9.64. The minimum Gasteiger partial charge on any atom is -0.508 e. The number of nitrogens with one attached hydrogen (secondary N) is 1. The lowest BCUT2D eigenvalue weighted by Gasteiger charge is -2.13. The molecule has 0 bridgehead atoms. The average Bonchev–Trinajstić information content (AvgIpc) is 2.81. The van der Waals surface area contributed by atoms with Crippen molar-refractivity contribution < 1.29 is 5.11 Å². The van der Waals surface area contributed by atoms with Crippen molar-refractivity contribution in [1.29, 1.82) is 0 Å². The number of aromatic hydroxyl groups is 1. The molecule has 0 aliphatic carbocycles. The zero-order valence-electron chi connectivity index (χ0n) is 9.89. The molecular formula is C14H17NOS. The Morgan fingerprint density at radius 3 is 2.82 bits per heavy atom. The van der Waals surface area contributed by atoms with E-state index in [1.165, 1.54) is 5.56 Å². The third-order valence-electron chi connectivity index (χ3n) is 2.75. The number of para-hydroxylation sites is 1. The molecule has 1 atom stereocenters. The Hall–Kier alpha value is -1.32. The third-order valence-corrected chi connectivity index (χ3v) is 3.49. The second-order valence-electron chi connectivity index (χ2n) is 4.25. The Balaban J connectivity index is 1.84. The van der Waals surface area contributed by atoms with E-state index in [0.717, 1.165) is 12.0 Å². The van der Waals surface area contributed by atoms with Gasteiger partial charge in [-0.3, -0.25) is 0 Å². The SMILES string of the molecule is CC(Cc1ccsc1)NCc1ccccc1O. The minimum atomic E-state index is 0.364. The summed E-state index contributed by atoms with van der Waals surface area (Å²) in [5.74, 6) is 0.364. The fourth-order valence-electron chi connectivity index (χ4n) is 1.78. The lowest BCUT2D eigenvalue weighted by Crippen LogP contribution is -2.27. The summed E-state index contributed by atoms with van der Waals surface area (Å²) in [4.78, 5) is 0. The van der Waals surface area contributed by atoms with Crippen molar-refractivity contribution in [3.63, 3.8) is 0 Å². The number of hydrogen-bond acceptors (Lipinski definition) is 3. The van der Waals surface area contributed by atoms with Crippen LogP contribution in [0.1, 0.15) is 18.1 Å². The number of thiophene rings is 1. The van der Waals surface area contributed by atoms with Gasteiger partial charge in [0.05, 0.1) is 0 Å². The zero-order chi connectivity index (χ0) is 12.1. The summed E-state index contributed by atoms with van der Waals surface area (Å²) in [6.45, 7) is 2.87. The Labute approximate surface area is 106 Å². The van der Waals surface area contributed by atoms with Gasteiger partial charge in [0.15, 0.2) is 0 Å². The van der Waals surface area contributed by atoms with Crippen LogP contribution in [0, 0.1) is 0 Å². The number of rotatable bonds is 5. The van der Waals surface area contributed by atoms with Gasteiger partial charge in [0.2, 0.25) is 0 Å². The van der Waals surface area contributed by atoms with Gasteiger partial charge in [-0.15, -0.1) is 0 Å². The second kappa shape index (κ2) is 5.84. The molecule has 1 unspecified atom stereocenters. The van der Waals surface area contributed by atoms with Gasteiger partial charge in [-0.1, -0.05) is 18.2 Å². The van der Waals surface area contributed by atoms with E-state index < -0.39 is 0 Å². The van der Waals surface area contributed by atoms with Crippen LogP contribution in [0.2, 0.25) is 0 Å². The highest BCUT2D eigenvalue weighted by Crippen LogP contribution is 2.15. The van der Waals surface area contributed by atoms with Crippen molar-refractivity contribution in [2.45, 2.75) is 25.9 Å². The summed E-state index contributed by atoms with van der Waals surface area (Å²) in [5, 5.41) is 17.3. The van der Waals surface area contributed by atoms with E-state index in [0.29, 0.717) is 18.3 Å². The van der Waals surface area contributed by atoms with E-state index in [4.69, 9.17) is 0 Å². The predicted octanol–water partition coefficient (Wildman–Crippen LogP) is 3.17. The first-order chi connectivity index (χ1) is 8.25. The summed E-state index contributed by atoms with van der Waals surface area (Å²) in [6.07, 6.45) is 1.02. The van der Waals surface area contributed by atoms with Crippen LogP contribution in [0.4, 0.5) is 0 Å². The first kappa shape index (κ1) is 12.1. The maximum absolute atomic E-state index is 9.64. The molecule has 0 saturated heterocycles. The van der Waals surface area contributed by atoms with E-state index in [1.54, 1.807) is 17.4 Å². The maximum Gasteiger partial charge on any atom is 0.120 e. The molecule has 1 aromatic carbocycles. The van der Waals surface area contributed by atoms with E-state index in [1.807, 2.05) is 18.2 Å². The van der Waals surface area contributed by atoms with Gasteiger partial charge in [0.25, 0.3) is 0 Å². The molecule has 1 aromatic heterocycles. The van der Waals surface area contributed by atoms with Crippen molar-refractivity contribution in [2.75, 3.05) is 0 Å². The van der Waals surface area contributed by atoms with Crippen LogP contribution in [-0.4, -0.2) is 11.1 Å². The molecular weight excluding hydrogens is 230 g/mol. The molecule has 1 heterocycles. The largest absolute Gasteiger partial charge is 0.508 e. The lowest BCUT2D eigenvalue weighted by molar-refractivity contribution is 0.458. The summed E-state index contributed by atoms with van der Waals surface area (Å²) in [7, 11) is 0. The summed E-state index contributed by atoms with van der Waals surface area (Å²) < 4.78 is 0. The van der Waals surface area contributed by atoms with Crippen LogP contribution in [0.5, 0.6) is 5.75 Å². The number of hydrogen-bond donors (Lipinski definition) is 2. The van der Waals surface area contributed by atoms with Gasteiger partial charge in [0, 0.05) is 18.2 Å². The minimum absolute atomic E-state index is 0.364. The van der Waals surface area contributed by atoms with E-state index >= 15 is 0 Å². The topological polar surface area (TPSA) is 32.3 Å². The van der Waals surface area contributed by atoms with Crippen LogP contribution in [0.15, 0.2) is 41.1 Å². The van der Waals surface area contributed by atoms with Gasteiger partial charge in [-0.2, -0.15) is 11.3 Å². The van der Waals surface area contributed by atoms with Crippen LogP contribution in [0.25, 0.3) is 0 Å². The Morgan fingerprint density at radius 1 is 1.29 bits per heavy atom. The monoisotopic (exact) mass is 247 g/mol. The number of benzene rings is 1. The van der Waals surface area contributed by atoms with Crippen molar-refractivity contribution in [2.24, 2.45) is 0 Å². The first-order valence-electron chi connectivity index (χ1n) is 5.77. The molecule has 0 aliphatic rings. The number of phenolic OH excluding ortho intramolecular Hbond substituents is 1. The molecule has 90 valence electrons. The van der Waals surface area contributed by atoms with Gasteiger partial charge < -0.3 is 10.4 Å². The molecule has 0 saturated carbocycles. The van der Waals surface area contributed by atoms with Gasteiger partial charge >= 0.3 is 0 Å². The summed E-state index contributed by atoms with van der Waals surface area (Å²) >= 11 is 1.73. The molecule has 2 N–H and O–H groups in total. The molecule has 17 heavy (non-hydrogen) atoms. The Morgan fingerprint density at radius 2 is 2.12 bits per heavy atom. The molecule has 0 radical (unpaired) electrons. The standard InChI is InChI=1S/C14H17NOS/c1-11(8-12-6-7-17-10-12)15-9-13-4-2-3-5-14(13)16/h2-7,10-11,15-16H,8-9H2,1H3. The van der Waals surface area contributed by atoms with E-state index in [-0.39, 0.29) is 0 Å². The molecule has 2 rings (SSSR count). The van der Waals surface area contributed by atoms with Crippen LogP contribution < -0.4 is 5.32 Å². The van der Waals surface area contributed by atoms with Crippen LogP contribution in [0.3, 0.4) is 0 Å².